The van der Waals surface area contributed by atoms with Gasteiger partial charge in [0.15, 0.2) is 50.3 Å². The molecule has 16 unspecified atom stereocenters. The summed E-state index contributed by atoms with van der Waals surface area (Å²) in [6.07, 6.45) is -74.7. The van der Waals surface area contributed by atoms with E-state index in [-0.39, 0.29) is 184 Å². The molecule has 0 aromatic carbocycles. The number of rotatable bonds is 47. The molecule has 0 amide bonds. The van der Waals surface area contributed by atoms with Crippen LogP contribution < -0.4 is 0 Å². The fourth-order valence-corrected chi connectivity index (χ4v) is 23.3. The van der Waals surface area contributed by atoms with E-state index in [4.69, 9.17) is 109 Å². The predicted molar refractivity (Wildman–Crippen MR) is 470 cm³/mol. The van der Waals surface area contributed by atoms with Crippen LogP contribution in [0.1, 0.15) is 58.3 Å². The van der Waals surface area contributed by atoms with Crippen LogP contribution in [-0.4, -0.2) is 511 Å². The van der Waals surface area contributed by atoms with Crippen molar-refractivity contribution in [1.82, 2.24) is 0 Å². The highest BCUT2D eigenvalue weighted by molar-refractivity contribution is 8.00. The number of thioether (sulfide) groups is 8. The molecule has 30 aliphatic rings. The Morgan fingerprint density at radius 2 is 0.383 bits per heavy atom. The van der Waals surface area contributed by atoms with Crippen LogP contribution in [0.25, 0.3) is 0 Å². The smallest absolute Gasteiger partial charge is 0.306 e. The van der Waals surface area contributed by atoms with Gasteiger partial charge in [-0.3, -0.25) is 33.6 Å². The number of methoxy groups -OCH3 is 3. The standard InChI is InChI=1S/C79H128O46S8/c1-5-17-126-25-37-64-48(87)56(95)72(110-37)123-69-42(30-131-22-10-45(84)103-2)116-78(62(101)54(69)93)125-71-44(32-133-24-12-47(86)105-4)117-79(63(102)55(71)94)124-70-43(31-132-23-11-46(85)104-3)115-77(61(100)53(70)92)122-68-41(29-130-21-9-16-109-36-83)114-76(60(99)52(68)91)121-67-40(28-129-20-8-15-108-35-82)113-75(59(98)51(67)90)120-66-39(27-128-19-7-14-107-34-81)112-74(58(97)50(66)89)119-65-38(26-127-18-6-13-106-33-80)111-73(118-64)57(96)49(65)88/h33-44,48-79,87-102H,5-32H2,1-4H3/t37?,38?,39?,40?,41?,42?,43?,44?,48-,49-,50-,51-,52-,53?,54-,55-,56?,57?,58?,59?,60?,61+,62?,63?,64-,65-,66-,67-,68-,69-,70-,71-,72-,73-,74-,75+,76-,77-,78-,79-/m1/s1. The first-order chi connectivity index (χ1) is 64.1. The number of hydrogen-bond acceptors (Lipinski definition) is 54. The van der Waals surface area contributed by atoms with Gasteiger partial charge in [0.25, 0.3) is 25.9 Å². The molecule has 0 aromatic rings. The number of carbonyl (C=O) groups excluding carboxylic acids is 7. The second kappa shape index (κ2) is 59.8. The fraction of sp³-hybridized carbons (Fsp3) is 0.911. The quantitative estimate of drug-likeness (QED) is 0.0117. The van der Waals surface area contributed by atoms with Crippen LogP contribution in [0.3, 0.4) is 0 Å². The Hall–Kier alpha value is -2.19. The maximum Gasteiger partial charge on any atom is 0.306 e. The molecule has 30 saturated heterocycles. The van der Waals surface area contributed by atoms with Gasteiger partial charge >= 0.3 is 17.9 Å². The molecular formula is C79H128O46S8. The number of aliphatic hydroxyl groups is 16. The number of esters is 3. The van der Waals surface area contributed by atoms with Gasteiger partial charge in [-0.2, -0.15) is 94.1 Å². The van der Waals surface area contributed by atoms with Crippen molar-refractivity contribution in [3.05, 3.63) is 0 Å². The zero-order valence-electron chi connectivity index (χ0n) is 73.4. The summed E-state index contributed by atoms with van der Waals surface area (Å²) in [6, 6.07) is 0. The number of ether oxygens (including phenoxy) is 23. The maximum absolute atomic E-state index is 12.5. The average Bonchev–Trinajstić information content (AvgIpc) is 0.769. The molecular weight excluding hydrogens is 1940 g/mol. The lowest BCUT2D eigenvalue weighted by molar-refractivity contribution is -0.396. The lowest BCUT2D eigenvalue weighted by atomic mass is 9.95. The molecule has 30 heterocycles. The first-order valence-corrected chi connectivity index (χ1v) is 52.7. The minimum Gasteiger partial charge on any atom is -0.469 e. The van der Waals surface area contributed by atoms with Crippen molar-refractivity contribution in [2.24, 2.45) is 0 Å². The lowest BCUT2D eigenvalue weighted by Gasteiger charge is -2.51. The summed E-state index contributed by atoms with van der Waals surface area (Å²) < 4.78 is 137. The highest BCUT2D eigenvalue weighted by Gasteiger charge is 2.61. The minimum absolute atomic E-state index is 0.0122. The van der Waals surface area contributed by atoms with Crippen LogP contribution in [0.2, 0.25) is 0 Å². The highest BCUT2D eigenvalue weighted by atomic mass is 32.2. The van der Waals surface area contributed by atoms with Crippen molar-refractivity contribution in [2.45, 2.75) is 304 Å². The summed E-state index contributed by atoms with van der Waals surface area (Å²) >= 11 is 9.12. The lowest BCUT2D eigenvalue weighted by Crippen LogP contribution is -2.69. The van der Waals surface area contributed by atoms with Crippen molar-refractivity contribution in [2.75, 3.05) is 140 Å². The van der Waals surface area contributed by atoms with E-state index in [1.807, 2.05) is 6.92 Å². The van der Waals surface area contributed by atoms with Gasteiger partial charge in [-0.25, -0.2) is 0 Å². The summed E-state index contributed by atoms with van der Waals surface area (Å²) in [6.45, 7) is 2.80. The molecule has 0 aliphatic carbocycles. The Balaban J connectivity index is 1.12. The van der Waals surface area contributed by atoms with Gasteiger partial charge in [-0.05, 0) is 60.9 Å². The monoisotopic (exact) mass is 2070 g/mol. The predicted octanol–water partition coefficient (Wildman–Crippen LogP) is -6.13. The zero-order valence-corrected chi connectivity index (χ0v) is 79.9. The van der Waals surface area contributed by atoms with Crippen LogP contribution >= 0.6 is 94.1 Å². The maximum atomic E-state index is 12.5. The minimum atomic E-state index is -2.22. The Morgan fingerprint density at radius 3 is 0.526 bits per heavy atom. The topological polar surface area (TPSA) is 655 Å². The van der Waals surface area contributed by atoms with Gasteiger partial charge in [0, 0.05) is 63.3 Å². The van der Waals surface area contributed by atoms with Gasteiger partial charge in [0.05, 0.1) is 116 Å². The van der Waals surface area contributed by atoms with Gasteiger partial charge in [0.1, 0.15) is 146 Å². The molecule has 54 heteroatoms. The summed E-state index contributed by atoms with van der Waals surface area (Å²) in [5.74, 6) is -1.61. The normalized spacial score (nSPS) is 40.2. The van der Waals surface area contributed by atoms with E-state index in [1.54, 1.807) is 0 Å². The second-order valence-electron chi connectivity index (χ2n) is 31.9. The SMILES string of the molecule is CCCSCC1O[C@@H]2O[C@@H]3C(CSCCC(=O)OC)O[C@H](O[C@@H]4C(CSCCC(=O)OC)O[C@H](O[C@@H]5C(CSCCC(=O)OC)O[C@H](O[C@@H]6C(CSCCCOC=O)O[C@H](O[C@@H]7C(CSCCCOC=O)O[C@@H](O[C@@H]8C(CSCCCOC=O)O[C@H](O[C@@H]9C(CSCCCOC=O)O[C@H](O[C@H]1[C@H](O)C2O)C(O)[C@H]9O)C(O)[C@H]8O)C(O)[C@H]7O)C(O)[C@H]6O)[C@@H](O)C5O)C(O)[C@H]4O)C(O)[C@H]3O. The molecule has 16 bridgehead atoms. The third-order valence-electron chi connectivity index (χ3n) is 22.6. The number of hydrogen-bond donors (Lipinski definition) is 16. The Bertz CT molecular complexity index is 3360. The molecule has 30 fully saturated rings. The average molecular weight is 2070 g/mol. The molecule has 133 heavy (non-hydrogen) atoms. The molecule has 0 saturated carbocycles. The summed E-state index contributed by atoms with van der Waals surface area (Å²) in [5.41, 5.74) is 0. The second-order valence-corrected chi connectivity index (χ2v) is 41.1. The fourth-order valence-electron chi connectivity index (χ4n) is 15.5. The van der Waals surface area contributed by atoms with E-state index in [9.17, 15) is 115 Å². The molecule has 0 aromatic heterocycles. The number of aliphatic hydroxyl groups excluding tert-OH is 16. The summed E-state index contributed by atoms with van der Waals surface area (Å²) in [5, 5.41) is 198. The van der Waals surface area contributed by atoms with E-state index in [2.05, 4.69) is 0 Å². The van der Waals surface area contributed by atoms with Crippen molar-refractivity contribution in [1.29, 1.82) is 0 Å². The molecule has 46 nitrogen and oxygen atoms in total. The van der Waals surface area contributed by atoms with Crippen LogP contribution in [0.4, 0.5) is 0 Å². The van der Waals surface area contributed by atoms with E-state index in [1.165, 1.54) is 56.6 Å². The van der Waals surface area contributed by atoms with Crippen LogP contribution in [-0.2, 0) is 143 Å². The zero-order chi connectivity index (χ0) is 96.4. The van der Waals surface area contributed by atoms with Gasteiger partial charge in [-0.15, -0.1) is 0 Å². The molecule has 16 N–H and O–H groups in total. The Labute approximate surface area is 801 Å². The van der Waals surface area contributed by atoms with E-state index in [0.717, 1.165) is 58.8 Å². The van der Waals surface area contributed by atoms with Crippen molar-refractivity contribution in [3.63, 3.8) is 0 Å². The van der Waals surface area contributed by atoms with Gasteiger partial charge in [-0.1, -0.05) is 6.92 Å². The van der Waals surface area contributed by atoms with Gasteiger partial charge < -0.3 is 191 Å². The number of carbonyl (C=O) groups is 7. The van der Waals surface area contributed by atoms with E-state index < -0.39 is 264 Å². The van der Waals surface area contributed by atoms with E-state index >= 15 is 0 Å². The van der Waals surface area contributed by atoms with Crippen LogP contribution in [0, 0.1) is 0 Å². The van der Waals surface area contributed by atoms with Crippen LogP contribution in [0.5, 0.6) is 0 Å². The molecule has 768 valence electrons. The van der Waals surface area contributed by atoms with Crippen LogP contribution in [0.15, 0.2) is 0 Å². The van der Waals surface area contributed by atoms with Crippen molar-refractivity contribution >= 4 is 138 Å². The van der Waals surface area contributed by atoms with Crippen molar-refractivity contribution in [3.8, 4) is 0 Å². The summed E-state index contributed by atoms with van der Waals surface area (Å²) in [4.78, 5) is 81.9. The Kier molecular flexibility index (Phi) is 51.4. The first-order valence-electron chi connectivity index (χ1n) is 43.5. The Morgan fingerprint density at radius 1 is 0.233 bits per heavy atom. The molecule has 40 atom stereocenters. The molecule has 0 radical (unpaired) electrons. The third kappa shape index (κ3) is 32.9. The summed E-state index contributed by atoms with van der Waals surface area (Å²) in [7, 11) is 3.51. The molecule has 30 aliphatic heterocycles. The third-order valence-corrected chi connectivity index (χ3v) is 31.6. The highest BCUT2D eigenvalue weighted by Crippen LogP contribution is 2.43. The molecule has 30 rings (SSSR count). The largest absolute Gasteiger partial charge is 0.469 e. The van der Waals surface area contributed by atoms with Gasteiger partial charge in [0.2, 0.25) is 0 Å². The van der Waals surface area contributed by atoms with Crippen molar-refractivity contribution < 1.29 is 224 Å². The molecule has 0 spiro atoms. The first kappa shape index (κ1) is 114. The van der Waals surface area contributed by atoms with E-state index in [0.29, 0.717) is 12.2 Å².